The van der Waals surface area contributed by atoms with Gasteiger partial charge in [-0.15, -0.1) is 0 Å². The summed E-state index contributed by atoms with van der Waals surface area (Å²) in [6.07, 6.45) is 5.31. The summed E-state index contributed by atoms with van der Waals surface area (Å²) in [5, 5.41) is 17.7. The Morgan fingerprint density at radius 2 is 2.43 bits per heavy atom. The minimum Gasteiger partial charge on any atom is -0.481 e. The zero-order valence-corrected chi connectivity index (χ0v) is 8.57. The Labute approximate surface area is 84.4 Å². The monoisotopic (exact) mass is 198 g/mol. The van der Waals surface area contributed by atoms with E-state index in [2.05, 4.69) is 6.92 Å². The van der Waals surface area contributed by atoms with Gasteiger partial charge in [-0.05, 0) is 31.6 Å². The van der Waals surface area contributed by atoms with E-state index in [0.717, 1.165) is 24.8 Å². The molecule has 0 aliphatic heterocycles. The fraction of sp³-hybridized carbons (Fsp3) is 0.727. The van der Waals surface area contributed by atoms with Crippen LogP contribution in [0.1, 0.15) is 32.6 Å². The van der Waals surface area contributed by atoms with Gasteiger partial charge in [0.1, 0.15) is 0 Å². The number of allylic oxidation sites excluding steroid dienone is 1. The summed E-state index contributed by atoms with van der Waals surface area (Å²) in [5.74, 6) is -0.602. The Morgan fingerprint density at radius 3 is 2.86 bits per heavy atom. The van der Waals surface area contributed by atoms with Crippen LogP contribution in [-0.2, 0) is 4.79 Å². The molecule has 0 radical (unpaired) electrons. The molecule has 0 saturated carbocycles. The third-order valence-corrected chi connectivity index (χ3v) is 2.87. The number of hydrogen-bond donors (Lipinski definition) is 2. The molecule has 2 atom stereocenters. The van der Waals surface area contributed by atoms with Crippen LogP contribution in [-0.4, -0.2) is 22.8 Å². The molecule has 1 aliphatic rings. The molecular formula is C11H18O3. The van der Waals surface area contributed by atoms with Gasteiger partial charge in [-0.25, -0.2) is 0 Å². The average Bonchev–Trinajstić information content (AvgIpc) is 2.15. The third kappa shape index (κ3) is 2.84. The highest BCUT2D eigenvalue weighted by molar-refractivity contribution is 5.73. The van der Waals surface area contributed by atoms with Crippen molar-refractivity contribution in [2.24, 2.45) is 11.8 Å². The number of aliphatic hydroxyl groups is 1. The Kier molecular flexibility index (Phi) is 4.14. The van der Waals surface area contributed by atoms with Crippen molar-refractivity contribution < 1.29 is 15.0 Å². The van der Waals surface area contributed by atoms with E-state index in [1.807, 2.05) is 6.08 Å². The van der Waals surface area contributed by atoms with Gasteiger partial charge >= 0.3 is 5.97 Å². The highest BCUT2D eigenvalue weighted by atomic mass is 16.4. The lowest BCUT2D eigenvalue weighted by Gasteiger charge is -2.22. The summed E-state index contributed by atoms with van der Waals surface area (Å²) >= 11 is 0. The zero-order chi connectivity index (χ0) is 10.6. The molecule has 0 aromatic carbocycles. The van der Waals surface area contributed by atoms with Gasteiger partial charge in [0.05, 0.1) is 5.92 Å². The van der Waals surface area contributed by atoms with Gasteiger partial charge in [0.25, 0.3) is 0 Å². The van der Waals surface area contributed by atoms with Crippen LogP contribution >= 0.6 is 0 Å². The Balaban J connectivity index is 2.64. The minimum absolute atomic E-state index is 0.0517. The first-order chi connectivity index (χ1) is 6.65. The van der Waals surface area contributed by atoms with Gasteiger partial charge in [-0.1, -0.05) is 18.6 Å². The molecule has 0 aromatic heterocycles. The molecule has 1 aliphatic carbocycles. The molecule has 3 nitrogen and oxygen atoms in total. The predicted molar refractivity (Wildman–Crippen MR) is 53.9 cm³/mol. The number of rotatable bonds is 4. The largest absolute Gasteiger partial charge is 0.481 e. The molecule has 0 bridgehead atoms. The maximum atomic E-state index is 10.9. The molecule has 80 valence electrons. The third-order valence-electron chi connectivity index (χ3n) is 2.87. The Bertz CT molecular complexity index is 233. The highest BCUT2D eigenvalue weighted by Crippen LogP contribution is 2.29. The van der Waals surface area contributed by atoms with E-state index in [1.165, 1.54) is 0 Å². The summed E-state index contributed by atoms with van der Waals surface area (Å²) in [6, 6.07) is 0. The molecule has 0 spiro atoms. The lowest BCUT2D eigenvalue weighted by Crippen LogP contribution is -2.20. The maximum Gasteiger partial charge on any atom is 0.310 e. The lowest BCUT2D eigenvalue weighted by molar-refractivity contribution is -0.141. The molecular weight excluding hydrogens is 180 g/mol. The average molecular weight is 198 g/mol. The Morgan fingerprint density at radius 1 is 1.71 bits per heavy atom. The fourth-order valence-electron chi connectivity index (χ4n) is 1.90. The van der Waals surface area contributed by atoms with E-state index in [4.69, 9.17) is 10.2 Å². The van der Waals surface area contributed by atoms with Crippen LogP contribution in [0.4, 0.5) is 0 Å². The molecule has 14 heavy (non-hydrogen) atoms. The second-order valence-electron chi connectivity index (χ2n) is 4.06. The predicted octanol–water partition coefficient (Wildman–Crippen LogP) is 1.82. The molecule has 0 fully saturated rings. The molecule has 0 amide bonds. The second-order valence-corrected chi connectivity index (χ2v) is 4.06. The molecule has 0 saturated heterocycles. The quantitative estimate of drug-likeness (QED) is 0.677. The highest BCUT2D eigenvalue weighted by Gasteiger charge is 2.23. The van der Waals surface area contributed by atoms with Crippen molar-refractivity contribution in [1.29, 1.82) is 0 Å². The van der Waals surface area contributed by atoms with Crippen molar-refractivity contribution in [3.63, 3.8) is 0 Å². The molecule has 2 unspecified atom stereocenters. The molecule has 0 aromatic rings. The smallest absolute Gasteiger partial charge is 0.310 e. The van der Waals surface area contributed by atoms with Gasteiger partial charge in [-0.3, -0.25) is 4.79 Å². The van der Waals surface area contributed by atoms with Gasteiger partial charge in [0.2, 0.25) is 0 Å². The van der Waals surface area contributed by atoms with Crippen molar-refractivity contribution in [3.8, 4) is 0 Å². The number of carboxylic acids is 1. The van der Waals surface area contributed by atoms with Crippen LogP contribution in [0, 0.1) is 11.8 Å². The van der Waals surface area contributed by atoms with Crippen molar-refractivity contribution >= 4 is 5.97 Å². The van der Waals surface area contributed by atoms with Gasteiger partial charge in [0, 0.05) is 6.61 Å². The van der Waals surface area contributed by atoms with E-state index >= 15 is 0 Å². The van der Waals surface area contributed by atoms with E-state index in [0.29, 0.717) is 12.3 Å². The zero-order valence-electron chi connectivity index (χ0n) is 8.57. The first-order valence-electron chi connectivity index (χ1n) is 5.17. The summed E-state index contributed by atoms with van der Waals surface area (Å²) in [6.45, 7) is 2.12. The van der Waals surface area contributed by atoms with E-state index < -0.39 is 11.9 Å². The standard InChI is InChI=1S/C11H18O3/c1-8-2-4-9(5-3-8)10(6-7-12)11(13)14/h4,8,10,12H,2-3,5-7H2,1H3,(H,13,14). The minimum atomic E-state index is -0.806. The number of aliphatic carboxylic acids is 1. The summed E-state index contributed by atoms with van der Waals surface area (Å²) in [4.78, 5) is 10.9. The van der Waals surface area contributed by atoms with Crippen molar-refractivity contribution in [3.05, 3.63) is 11.6 Å². The second kappa shape index (κ2) is 5.15. The van der Waals surface area contributed by atoms with E-state index in [9.17, 15) is 4.79 Å². The topological polar surface area (TPSA) is 57.5 Å². The number of hydrogen-bond acceptors (Lipinski definition) is 2. The van der Waals surface area contributed by atoms with Gasteiger partial charge in [-0.2, -0.15) is 0 Å². The molecule has 1 rings (SSSR count). The first-order valence-corrected chi connectivity index (χ1v) is 5.17. The van der Waals surface area contributed by atoms with Crippen LogP contribution in [0.15, 0.2) is 11.6 Å². The lowest BCUT2D eigenvalue weighted by atomic mass is 9.83. The van der Waals surface area contributed by atoms with Crippen LogP contribution in [0.25, 0.3) is 0 Å². The fourth-order valence-corrected chi connectivity index (χ4v) is 1.90. The summed E-state index contributed by atoms with van der Waals surface area (Å²) in [7, 11) is 0. The number of aliphatic hydroxyl groups excluding tert-OH is 1. The van der Waals surface area contributed by atoms with Crippen LogP contribution in [0.2, 0.25) is 0 Å². The van der Waals surface area contributed by atoms with Gasteiger partial charge < -0.3 is 10.2 Å². The van der Waals surface area contributed by atoms with Crippen molar-refractivity contribution in [2.75, 3.05) is 6.61 Å². The van der Waals surface area contributed by atoms with Crippen LogP contribution in [0.3, 0.4) is 0 Å². The van der Waals surface area contributed by atoms with E-state index in [-0.39, 0.29) is 6.61 Å². The van der Waals surface area contributed by atoms with Crippen LogP contribution in [0.5, 0.6) is 0 Å². The first kappa shape index (κ1) is 11.2. The molecule has 2 N–H and O–H groups in total. The molecule has 0 heterocycles. The SMILES string of the molecule is CC1CC=C(C(CCO)C(=O)O)CC1. The molecule has 3 heteroatoms. The summed E-state index contributed by atoms with van der Waals surface area (Å²) < 4.78 is 0. The maximum absolute atomic E-state index is 10.9. The van der Waals surface area contributed by atoms with Crippen molar-refractivity contribution in [1.82, 2.24) is 0 Å². The normalized spacial score (nSPS) is 24.1. The van der Waals surface area contributed by atoms with Crippen LogP contribution < -0.4 is 0 Å². The number of carboxylic acid groups (broad SMARTS) is 1. The number of carbonyl (C=O) groups is 1. The summed E-state index contributed by atoms with van der Waals surface area (Å²) in [5.41, 5.74) is 1.00. The van der Waals surface area contributed by atoms with Crippen molar-refractivity contribution in [2.45, 2.75) is 32.6 Å². The van der Waals surface area contributed by atoms with Gasteiger partial charge in [0.15, 0.2) is 0 Å². The van der Waals surface area contributed by atoms with E-state index in [1.54, 1.807) is 0 Å². The Hall–Kier alpha value is -0.830.